The lowest BCUT2D eigenvalue weighted by molar-refractivity contribution is -0.144. The minimum atomic E-state index is -0.768. The molecule has 0 saturated heterocycles. The van der Waals surface area contributed by atoms with Gasteiger partial charge in [0, 0.05) is 6.42 Å². The molecule has 0 aliphatic rings. The van der Waals surface area contributed by atoms with Crippen molar-refractivity contribution in [3.05, 3.63) is 54.2 Å². The fraction of sp³-hybridized carbons (Fsp3) is 0.263. The number of nitrogens with two attached hydrogens (primary N) is 1. The van der Waals surface area contributed by atoms with Crippen LogP contribution in [0.25, 0.3) is 11.2 Å². The normalized spacial score (nSPS) is 11.6. The number of esters is 1. The molecular weight excluding hydrogens is 330 g/mol. The summed E-state index contributed by atoms with van der Waals surface area (Å²) in [5.41, 5.74) is 8.74. The van der Waals surface area contributed by atoms with Crippen LogP contribution >= 0.6 is 0 Å². The first-order valence-corrected chi connectivity index (χ1v) is 8.30. The zero-order valence-electron chi connectivity index (χ0n) is 14.4. The minimum absolute atomic E-state index is 0.190. The molecule has 0 saturated carbocycles. The van der Waals surface area contributed by atoms with Crippen molar-refractivity contribution in [2.75, 3.05) is 6.61 Å². The van der Waals surface area contributed by atoms with Crippen LogP contribution < -0.4 is 5.73 Å². The third-order valence-electron chi connectivity index (χ3n) is 3.72. The molecule has 1 aromatic carbocycles. The van der Waals surface area contributed by atoms with Crippen molar-refractivity contribution in [2.24, 2.45) is 5.73 Å². The maximum atomic E-state index is 11.5. The second-order valence-electron chi connectivity index (χ2n) is 5.62. The van der Waals surface area contributed by atoms with E-state index in [9.17, 15) is 4.79 Å². The molecule has 132 valence electrons. The monoisotopic (exact) mass is 349 g/mol. The van der Waals surface area contributed by atoms with Crippen LogP contribution in [0.4, 0.5) is 0 Å². The van der Waals surface area contributed by atoms with E-state index in [-0.39, 0.29) is 6.42 Å². The molecule has 1 atom stereocenters. The Kier molecular flexibility index (Phi) is 5.56. The Bertz CT molecular complexity index is 956. The number of imidazole rings is 1. The third kappa shape index (κ3) is 4.05. The number of hydrogen-bond acceptors (Lipinski definition) is 6. The number of hydrogen-bond donors (Lipinski definition) is 1. The van der Waals surface area contributed by atoms with Gasteiger partial charge in [-0.1, -0.05) is 36.3 Å². The van der Waals surface area contributed by atoms with Gasteiger partial charge in [0.15, 0.2) is 5.65 Å². The first-order valence-electron chi connectivity index (χ1n) is 8.30. The maximum absolute atomic E-state index is 11.5. The second kappa shape index (κ2) is 8.23. The fourth-order valence-corrected chi connectivity index (χ4v) is 2.45. The van der Waals surface area contributed by atoms with Crippen molar-refractivity contribution in [1.82, 2.24) is 19.5 Å². The molecule has 1 unspecified atom stereocenters. The molecule has 26 heavy (non-hydrogen) atoms. The Morgan fingerprint density at radius 1 is 1.27 bits per heavy atom. The zero-order valence-corrected chi connectivity index (χ0v) is 14.4. The van der Waals surface area contributed by atoms with Gasteiger partial charge < -0.3 is 15.0 Å². The molecule has 7 nitrogen and oxygen atoms in total. The van der Waals surface area contributed by atoms with Crippen molar-refractivity contribution in [3.63, 3.8) is 0 Å². The number of aromatic nitrogens is 4. The van der Waals surface area contributed by atoms with E-state index >= 15 is 0 Å². The predicted octanol–water partition coefficient (Wildman–Crippen LogP) is 1.51. The maximum Gasteiger partial charge on any atom is 0.323 e. The number of nitrogens with zero attached hydrogens (tertiary/aromatic N) is 4. The molecule has 0 radical (unpaired) electrons. The molecule has 0 spiro atoms. The molecule has 7 heteroatoms. The molecule has 0 amide bonds. The second-order valence-corrected chi connectivity index (χ2v) is 5.62. The first kappa shape index (κ1) is 17.6. The Hall–Kier alpha value is -3.24. The van der Waals surface area contributed by atoms with Crippen LogP contribution in [-0.4, -0.2) is 38.1 Å². The minimum Gasteiger partial charge on any atom is -0.465 e. The molecular formula is C19H19N5O2. The van der Waals surface area contributed by atoms with Gasteiger partial charge in [0.1, 0.15) is 23.6 Å². The van der Waals surface area contributed by atoms with Crippen LogP contribution in [0, 0.1) is 11.8 Å². The van der Waals surface area contributed by atoms with E-state index < -0.39 is 12.0 Å². The van der Waals surface area contributed by atoms with E-state index in [2.05, 4.69) is 26.8 Å². The lowest BCUT2D eigenvalue weighted by Gasteiger charge is -2.05. The summed E-state index contributed by atoms with van der Waals surface area (Å²) >= 11 is 0. The van der Waals surface area contributed by atoms with Crippen LogP contribution in [0.2, 0.25) is 0 Å². The van der Waals surface area contributed by atoms with Crippen LogP contribution in [0.3, 0.4) is 0 Å². The molecule has 2 N–H and O–H groups in total. The van der Waals surface area contributed by atoms with Crippen molar-refractivity contribution in [1.29, 1.82) is 0 Å². The lowest BCUT2D eigenvalue weighted by Crippen LogP contribution is -2.31. The third-order valence-corrected chi connectivity index (χ3v) is 3.72. The molecule has 2 heterocycles. The number of rotatable bonds is 5. The Balaban J connectivity index is 1.79. The quantitative estimate of drug-likeness (QED) is 0.554. The molecule has 0 fully saturated rings. The smallest absolute Gasteiger partial charge is 0.323 e. The number of carbonyl (C=O) groups excluding carboxylic acids is 1. The average molecular weight is 349 g/mol. The average Bonchev–Trinajstić information content (AvgIpc) is 3.06. The molecule has 0 aliphatic carbocycles. The summed E-state index contributed by atoms with van der Waals surface area (Å²) in [5, 5.41) is 0. The zero-order chi connectivity index (χ0) is 18.4. The van der Waals surface area contributed by atoms with E-state index in [4.69, 9.17) is 10.5 Å². The first-order chi connectivity index (χ1) is 12.7. The van der Waals surface area contributed by atoms with Crippen molar-refractivity contribution >= 4 is 17.1 Å². The van der Waals surface area contributed by atoms with Gasteiger partial charge >= 0.3 is 5.97 Å². The Labute approximate surface area is 151 Å². The molecule has 0 bridgehead atoms. The van der Waals surface area contributed by atoms with Gasteiger partial charge in [0.2, 0.25) is 0 Å². The highest BCUT2D eigenvalue weighted by Crippen LogP contribution is 2.14. The van der Waals surface area contributed by atoms with E-state index in [0.717, 1.165) is 5.56 Å². The molecule has 0 aliphatic heterocycles. The van der Waals surface area contributed by atoms with Crippen molar-refractivity contribution in [3.8, 4) is 11.8 Å². The van der Waals surface area contributed by atoms with E-state index in [1.807, 2.05) is 34.9 Å². The SMILES string of the molecule is CCOC(=O)C(N)CC#Cc1ncnc2c1ncn2Cc1ccccc1. The highest BCUT2D eigenvalue weighted by Gasteiger charge is 2.13. The predicted molar refractivity (Wildman–Crippen MR) is 97.0 cm³/mol. The van der Waals surface area contributed by atoms with Crippen LogP contribution in [0.15, 0.2) is 43.0 Å². The van der Waals surface area contributed by atoms with E-state index in [1.54, 1.807) is 13.3 Å². The number of carbonyl (C=O) groups is 1. The molecule has 3 aromatic rings. The Morgan fingerprint density at radius 3 is 2.85 bits per heavy atom. The summed E-state index contributed by atoms with van der Waals surface area (Å²) in [6.07, 6.45) is 3.37. The van der Waals surface area contributed by atoms with E-state index in [0.29, 0.717) is 30.0 Å². The standard InChI is InChI=1S/C19H19N5O2/c1-2-26-19(25)15(20)9-6-10-16-17-18(22-12-21-16)24(13-23-17)11-14-7-4-3-5-8-14/h3-5,7-8,12-13,15H,2,9,11,20H2,1H3. The van der Waals surface area contributed by atoms with Crippen LogP contribution in [-0.2, 0) is 16.1 Å². The number of fused-ring (bicyclic) bond motifs is 1. The number of benzene rings is 1. The highest BCUT2D eigenvalue weighted by molar-refractivity contribution is 5.77. The van der Waals surface area contributed by atoms with Gasteiger partial charge in [-0.2, -0.15) is 0 Å². The highest BCUT2D eigenvalue weighted by atomic mass is 16.5. The van der Waals surface area contributed by atoms with Gasteiger partial charge in [0.25, 0.3) is 0 Å². The summed E-state index contributed by atoms with van der Waals surface area (Å²) in [6, 6.07) is 9.29. The molecule has 3 rings (SSSR count). The van der Waals surface area contributed by atoms with Gasteiger partial charge in [-0.15, -0.1) is 0 Å². The number of ether oxygens (including phenoxy) is 1. The van der Waals surface area contributed by atoms with Gasteiger partial charge in [-0.05, 0) is 18.4 Å². The summed E-state index contributed by atoms with van der Waals surface area (Å²) < 4.78 is 6.81. The summed E-state index contributed by atoms with van der Waals surface area (Å²) in [7, 11) is 0. The van der Waals surface area contributed by atoms with Crippen LogP contribution in [0.5, 0.6) is 0 Å². The molecule has 2 aromatic heterocycles. The largest absolute Gasteiger partial charge is 0.465 e. The topological polar surface area (TPSA) is 95.9 Å². The lowest BCUT2D eigenvalue weighted by atomic mass is 10.2. The Morgan fingerprint density at radius 2 is 2.08 bits per heavy atom. The summed E-state index contributed by atoms with van der Waals surface area (Å²) in [5.74, 6) is 5.35. The summed E-state index contributed by atoms with van der Waals surface area (Å²) in [6.45, 7) is 2.69. The fourth-order valence-electron chi connectivity index (χ4n) is 2.45. The summed E-state index contributed by atoms with van der Waals surface area (Å²) in [4.78, 5) is 24.4. The van der Waals surface area contributed by atoms with Crippen LogP contribution in [0.1, 0.15) is 24.6 Å². The van der Waals surface area contributed by atoms with Gasteiger partial charge in [-0.25, -0.2) is 15.0 Å². The van der Waals surface area contributed by atoms with Crippen molar-refractivity contribution < 1.29 is 9.53 Å². The van der Waals surface area contributed by atoms with Gasteiger partial charge in [0.05, 0.1) is 19.5 Å². The van der Waals surface area contributed by atoms with Crippen molar-refractivity contribution in [2.45, 2.75) is 25.9 Å². The van der Waals surface area contributed by atoms with Gasteiger partial charge in [-0.3, -0.25) is 4.79 Å². The van der Waals surface area contributed by atoms with E-state index in [1.165, 1.54) is 6.33 Å².